The van der Waals surface area contributed by atoms with Gasteiger partial charge < -0.3 is 4.90 Å². The Kier molecular flexibility index (Phi) is 2.13. The molecule has 0 atom stereocenters. The van der Waals surface area contributed by atoms with Crippen LogP contribution in [0.1, 0.15) is 19.3 Å². The fourth-order valence-electron chi connectivity index (χ4n) is 1.49. The summed E-state index contributed by atoms with van der Waals surface area (Å²) in [6.45, 7) is 0.898. The molecule has 0 aliphatic carbocycles. The lowest BCUT2D eigenvalue weighted by molar-refractivity contribution is -0.119. The van der Waals surface area contributed by atoms with Crippen molar-refractivity contribution in [1.29, 1.82) is 0 Å². The van der Waals surface area contributed by atoms with Crippen molar-refractivity contribution in [3.8, 4) is 0 Å². The molecule has 64 valence electrons. The second kappa shape index (κ2) is 3.27. The number of hydrogen-bond acceptors (Lipinski definition) is 2. The molecule has 0 unspecified atom stereocenters. The predicted octanol–water partition coefficient (Wildman–Crippen LogP) is 2.27. The van der Waals surface area contributed by atoms with Crippen LogP contribution < -0.4 is 4.90 Å². The lowest BCUT2D eigenvalue weighted by Gasteiger charge is -2.25. The Morgan fingerprint density at radius 1 is 1.42 bits per heavy atom. The first-order chi connectivity index (χ1) is 5.88. The van der Waals surface area contributed by atoms with Crippen LogP contribution in [0.15, 0.2) is 16.8 Å². The smallest absolute Gasteiger partial charge is 0.227 e. The summed E-state index contributed by atoms with van der Waals surface area (Å²) in [6, 6.07) is 2.01. The van der Waals surface area contributed by atoms with Crippen molar-refractivity contribution in [1.82, 2.24) is 0 Å². The number of carbonyl (C=O) groups is 1. The number of piperidine rings is 1. The molecule has 0 N–H and O–H groups in total. The SMILES string of the molecule is O=C1CCCCN1c1ccsc1. The summed E-state index contributed by atoms with van der Waals surface area (Å²) >= 11 is 1.64. The van der Waals surface area contributed by atoms with E-state index < -0.39 is 0 Å². The van der Waals surface area contributed by atoms with Crippen molar-refractivity contribution in [2.75, 3.05) is 11.4 Å². The third kappa shape index (κ3) is 1.37. The highest BCUT2D eigenvalue weighted by Gasteiger charge is 2.19. The molecule has 0 radical (unpaired) electrons. The fourth-order valence-corrected chi connectivity index (χ4v) is 2.13. The zero-order chi connectivity index (χ0) is 8.39. The van der Waals surface area contributed by atoms with E-state index in [-0.39, 0.29) is 5.91 Å². The molecule has 2 rings (SSSR count). The van der Waals surface area contributed by atoms with E-state index >= 15 is 0 Å². The summed E-state index contributed by atoms with van der Waals surface area (Å²) in [6.07, 6.45) is 2.91. The van der Waals surface area contributed by atoms with Crippen LogP contribution in [0.3, 0.4) is 0 Å². The molecule has 3 heteroatoms. The molecule has 1 aliphatic heterocycles. The Morgan fingerprint density at radius 3 is 3.00 bits per heavy atom. The third-order valence-corrected chi connectivity index (χ3v) is 2.81. The predicted molar refractivity (Wildman–Crippen MR) is 50.5 cm³/mol. The molecule has 0 aromatic carbocycles. The second-order valence-corrected chi connectivity index (χ2v) is 3.76. The average molecular weight is 181 g/mol. The van der Waals surface area contributed by atoms with Gasteiger partial charge >= 0.3 is 0 Å². The number of rotatable bonds is 1. The molecule has 0 saturated carbocycles. The average Bonchev–Trinajstić information content (AvgIpc) is 2.57. The standard InChI is InChI=1S/C9H11NOS/c11-9-3-1-2-5-10(9)8-4-6-12-7-8/h4,6-7H,1-3,5H2. The maximum atomic E-state index is 11.4. The molecule has 1 amide bonds. The van der Waals surface area contributed by atoms with Crippen molar-refractivity contribution in [2.45, 2.75) is 19.3 Å². The summed E-state index contributed by atoms with van der Waals surface area (Å²) in [7, 11) is 0. The summed E-state index contributed by atoms with van der Waals surface area (Å²) in [4.78, 5) is 13.3. The number of thiophene rings is 1. The van der Waals surface area contributed by atoms with Crippen molar-refractivity contribution >= 4 is 22.9 Å². The first-order valence-electron chi connectivity index (χ1n) is 4.20. The maximum Gasteiger partial charge on any atom is 0.227 e. The van der Waals surface area contributed by atoms with E-state index in [2.05, 4.69) is 0 Å². The molecule has 2 heterocycles. The minimum absolute atomic E-state index is 0.277. The van der Waals surface area contributed by atoms with Crippen LogP contribution in [0.5, 0.6) is 0 Å². The number of hydrogen-bond donors (Lipinski definition) is 0. The number of amides is 1. The molecule has 1 aromatic rings. The highest BCUT2D eigenvalue weighted by atomic mass is 32.1. The van der Waals surface area contributed by atoms with Crippen LogP contribution in [0.2, 0.25) is 0 Å². The molecule has 0 spiro atoms. The molecule has 0 bridgehead atoms. The van der Waals surface area contributed by atoms with Crippen LogP contribution in [0.25, 0.3) is 0 Å². The second-order valence-electron chi connectivity index (χ2n) is 2.98. The van der Waals surface area contributed by atoms with Crippen LogP contribution in [0.4, 0.5) is 5.69 Å². The summed E-state index contributed by atoms with van der Waals surface area (Å²) < 4.78 is 0. The van der Waals surface area contributed by atoms with Gasteiger partial charge in [0.25, 0.3) is 0 Å². The quantitative estimate of drug-likeness (QED) is 0.650. The van der Waals surface area contributed by atoms with Gasteiger partial charge in [0.15, 0.2) is 0 Å². The molecule has 2 nitrogen and oxygen atoms in total. The molecule has 1 aliphatic rings. The minimum Gasteiger partial charge on any atom is -0.312 e. The molecule has 1 fully saturated rings. The first kappa shape index (κ1) is 7.80. The molecule has 12 heavy (non-hydrogen) atoms. The molecular weight excluding hydrogens is 170 g/mol. The van der Waals surface area contributed by atoms with Gasteiger partial charge in [0, 0.05) is 18.3 Å². The monoisotopic (exact) mass is 181 g/mol. The van der Waals surface area contributed by atoms with Crippen LogP contribution in [-0.4, -0.2) is 12.5 Å². The zero-order valence-electron chi connectivity index (χ0n) is 6.82. The van der Waals surface area contributed by atoms with Gasteiger partial charge in [-0.05, 0) is 24.3 Å². The van der Waals surface area contributed by atoms with Crippen molar-refractivity contribution in [3.63, 3.8) is 0 Å². The van der Waals surface area contributed by atoms with E-state index in [1.807, 2.05) is 21.7 Å². The molecule has 1 saturated heterocycles. The summed E-state index contributed by atoms with van der Waals surface area (Å²) in [5, 5.41) is 4.04. The van der Waals surface area contributed by atoms with E-state index in [0.717, 1.165) is 31.5 Å². The van der Waals surface area contributed by atoms with Gasteiger partial charge in [0.05, 0.1) is 5.69 Å². The summed E-state index contributed by atoms with van der Waals surface area (Å²) in [5.74, 6) is 0.277. The summed E-state index contributed by atoms with van der Waals surface area (Å²) in [5.41, 5.74) is 1.07. The molecule has 1 aromatic heterocycles. The first-order valence-corrected chi connectivity index (χ1v) is 5.15. The van der Waals surface area contributed by atoms with E-state index in [0.29, 0.717) is 0 Å². The lowest BCUT2D eigenvalue weighted by atomic mass is 10.1. The lowest BCUT2D eigenvalue weighted by Crippen LogP contribution is -2.34. The zero-order valence-corrected chi connectivity index (χ0v) is 7.64. The topological polar surface area (TPSA) is 20.3 Å². The van der Waals surface area contributed by atoms with E-state index in [9.17, 15) is 4.79 Å². The Hall–Kier alpha value is -0.830. The minimum atomic E-state index is 0.277. The number of anilines is 1. The van der Waals surface area contributed by atoms with Crippen molar-refractivity contribution < 1.29 is 4.79 Å². The van der Waals surface area contributed by atoms with Gasteiger partial charge in [-0.1, -0.05) is 0 Å². The van der Waals surface area contributed by atoms with Gasteiger partial charge in [-0.3, -0.25) is 4.79 Å². The maximum absolute atomic E-state index is 11.4. The molecular formula is C9H11NOS. The van der Waals surface area contributed by atoms with Gasteiger partial charge in [0.1, 0.15) is 0 Å². The largest absolute Gasteiger partial charge is 0.312 e. The van der Waals surface area contributed by atoms with Gasteiger partial charge in [0.2, 0.25) is 5.91 Å². The highest BCUT2D eigenvalue weighted by Crippen LogP contribution is 2.22. The number of nitrogens with zero attached hydrogens (tertiary/aromatic N) is 1. The normalized spacial score (nSPS) is 18.3. The Labute approximate surface area is 75.8 Å². The van der Waals surface area contributed by atoms with Crippen molar-refractivity contribution in [2.24, 2.45) is 0 Å². The Bertz CT molecular complexity index is 268. The Morgan fingerprint density at radius 2 is 2.33 bits per heavy atom. The van der Waals surface area contributed by atoms with Crippen LogP contribution in [0, 0.1) is 0 Å². The third-order valence-electron chi connectivity index (χ3n) is 2.14. The van der Waals surface area contributed by atoms with Crippen molar-refractivity contribution in [3.05, 3.63) is 16.8 Å². The van der Waals surface area contributed by atoms with Crippen LogP contribution >= 0.6 is 11.3 Å². The van der Waals surface area contributed by atoms with Gasteiger partial charge in [-0.25, -0.2) is 0 Å². The number of carbonyl (C=O) groups excluding carboxylic acids is 1. The van der Waals surface area contributed by atoms with E-state index in [1.165, 1.54) is 0 Å². The fraction of sp³-hybridized carbons (Fsp3) is 0.444. The van der Waals surface area contributed by atoms with E-state index in [4.69, 9.17) is 0 Å². The Balaban J connectivity index is 2.17. The van der Waals surface area contributed by atoms with Crippen LogP contribution in [-0.2, 0) is 4.79 Å². The highest BCUT2D eigenvalue weighted by molar-refractivity contribution is 7.08. The van der Waals surface area contributed by atoms with Gasteiger partial charge in [-0.15, -0.1) is 0 Å². The van der Waals surface area contributed by atoms with Gasteiger partial charge in [-0.2, -0.15) is 11.3 Å². The van der Waals surface area contributed by atoms with E-state index in [1.54, 1.807) is 11.3 Å².